The predicted octanol–water partition coefficient (Wildman–Crippen LogP) is 3.88. The van der Waals surface area contributed by atoms with E-state index in [2.05, 4.69) is 11.6 Å². The van der Waals surface area contributed by atoms with Gasteiger partial charge in [-0.15, -0.1) is 6.58 Å². The van der Waals surface area contributed by atoms with Gasteiger partial charge in [-0.3, -0.25) is 9.69 Å². The van der Waals surface area contributed by atoms with Gasteiger partial charge < -0.3 is 10.2 Å². The highest BCUT2D eigenvalue weighted by Crippen LogP contribution is 2.35. The van der Waals surface area contributed by atoms with Crippen LogP contribution < -0.4 is 0 Å². The average Bonchev–Trinajstić information content (AvgIpc) is 2.91. The van der Waals surface area contributed by atoms with Crippen molar-refractivity contribution in [2.45, 2.75) is 0 Å². The lowest BCUT2D eigenvalue weighted by molar-refractivity contribution is -0.121. The molecule has 0 unspecified atom stereocenters. The van der Waals surface area contributed by atoms with Crippen LogP contribution in [0.15, 0.2) is 71.1 Å². The number of amides is 1. The van der Waals surface area contributed by atoms with Crippen molar-refractivity contribution in [3.8, 4) is 5.75 Å². The maximum Gasteiger partial charge on any atom is 0.337 e. The Morgan fingerprint density at radius 3 is 2.70 bits per heavy atom. The van der Waals surface area contributed by atoms with Gasteiger partial charge in [-0.05, 0) is 47.7 Å². The number of phenolic OH excluding ortho intramolecular Hbond substituents is 1. The quantitative estimate of drug-likeness (QED) is 0.607. The number of hydrogen-bond donors (Lipinski definition) is 2. The summed E-state index contributed by atoms with van der Waals surface area (Å²) in [5.41, 5.74) is 1.01. The summed E-state index contributed by atoms with van der Waals surface area (Å²) >= 11 is 1.15. The van der Waals surface area contributed by atoms with E-state index in [0.29, 0.717) is 15.6 Å². The molecule has 27 heavy (non-hydrogen) atoms. The van der Waals surface area contributed by atoms with Gasteiger partial charge >= 0.3 is 5.97 Å². The van der Waals surface area contributed by atoms with Crippen LogP contribution in [0.4, 0.5) is 5.69 Å². The third-order valence-electron chi connectivity index (χ3n) is 3.72. The first-order valence-corrected chi connectivity index (χ1v) is 8.83. The van der Waals surface area contributed by atoms with Crippen LogP contribution in [0.5, 0.6) is 5.75 Å². The molecule has 1 fully saturated rings. The molecule has 1 aliphatic heterocycles. The van der Waals surface area contributed by atoms with Crippen molar-refractivity contribution in [2.75, 3.05) is 6.54 Å². The predicted molar refractivity (Wildman–Crippen MR) is 106 cm³/mol. The minimum Gasteiger partial charge on any atom is -0.508 e. The van der Waals surface area contributed by atoms with Gasteiger partial charge in [0.15, 0.2) is 5.17 Å². The van der Waals surface area contributed by atoms with E-state index < -0.39 is 5.97 Å². The zero-order valence-corrected chi connectivity index (χ0v) is 15.0. The maximum absolute atomic E-state index is 12.7. The highest BCUT2D eigenvalue weighted by atomic mass is 32.2. The third kappa shape index (κ3) is 4.09. The third-order valence-corrected chi connectivity index (χ3v) is 4.72. The second kappa shape index (κ2) is 7.92. The molecule has 0 atom stereocenters. The minimum absolute atomic E-state index is 0.0574. The zero-order valence-electron chi connectivity index (χ0n) is 14.2. The molecule has 6 nitrogen and oxygen atoms in total. The first-order valence-electron chi connectivity index (χ1n) is 8.02. The molecular weight excluding hydrogens is 364 g/mol. The summed E-state index contributed by atoms with van der Waals surface area (Å²) in [5, 5.41) is 19.3. The van der Waals surface area contributed by atoms with Gasteiger partial charge in [0.2, 0.25) is 0 Å². The fourth-order valence-electron chi connectivity index (χ4n) is 2.50. The molecule has 7 heteroatoms. The van der Waals surface area contributed by atoms with E-state index in [-0.39, 0.29) is 29.5 Å². The number of carboxylic acid groups (broad SMARTS) is 1. The maximum atomic E-state index is 12.7. The Labute approximate surface area is 160 Å². The van der Waals surface area contributed by atoms with Crippen LogP contribution >= 0.6 is 11.8 Å². The smallest absolute Gasteiger partial charge is 0.337 e. The first-order chi connectivity index (χ1) is 13.0. The molecule has 0 spiro atoms. The summed E-state index contributed by atoms with van der Waals surface area (Å²) in [7, 11) is 0. The molecule has 2 N–H and O–H groups in total. The van der Waals surface area contributed by atoms with Crippen molar-refractivity contribution >= 4 is 40.6 Å². The Morgan fingerprint density at radius 1 is 1.22 bits per heavy atom. The molecule has 3 rings (SSSR count). The molecule has 1 heterocycles. The molecule has 0 aromatic heterocycles. The topological polar surface area (TPSA) is 90.2 Å². The molecule has 136 valence electrons. The van der Waals surface area contributed by atoms with Crippen LogP contribution in [0.3, 0.4) is 0 Å². The van der Waals surface area contributed by atoms with Gasteiger partial charge in [0.05, 0.1) is 16.2 Å². The summed E-state index contributed by atoms with van der Waals surface area (Å²) < 4.78 is 0. The number of hydrogen-bond acceptors (Lipinski definition) is 5. The van der Waals surface area contributed by atoms with E-state index in [1.807, 2.05) is 0 Å². The van der Waals surface area contributed by atoms with E-state index in [9.17, 15) is 19.8 Å². The lowest BCUT2D eigenvalue weighted by Gasteiger charge is -2.13. The summed E-state index contributed by atoms with van der Waals surface area (Å²) in [6.45, 7) is 3.91. The molecule has 1 aliphatic rings. The Hall–Kier alpha value is -3.32. The molecule has 0 aliphatic carbocycles. The number of carbonyl (C=O) groups excluding carboxylic acids is 1. The summed E-state index contributed by atoms with van der Waals surface area (Å²) in [6.07, 6.45) is 3.24. The zero-order chi connectivity index (χ0) is 19.4. The number of benzene rings is 2. The van der Waals surface area contributed by atoms with Crippen molar-refractivity contribution < 1.29 is 19.8 Å². The average molecular weight is 380 g/mol. The lowest BCUT2D eigenvalue weighted by atomic mass is 10.2. The number of rotatable bonds is 5. The summed E-state index contributed by atoms with van der Waals surface area (Å²) in [5.74, 6) is -1.24. The van der Waals surface area contributed by atoms with Gasteiger partial charge in [-0.2, -0.15) is 0 Å². The Kier molecular flexibility index (Phi) is 5.42. The second-order valence-electron chi connectivity index (χ2n) is 5.63. The summed E-state index contributed by atoms with van der Waals surface area (Å²) in [4.78, 5) is 30.4. The number of aromatic hydroxyl groups is 1. The highest BCUT2D eigenvalue weighted by molar-refractivity contribution is 8.18. The number of thioether (sulfide) groups is 1. The second-order valence-corrected chi connectivity index (χ2v) is 6.64. The Morgan fingerprint density at radius 2 is 2.00 bits per heavy atom. The molecule has 1 amide bonds. The van der Waals surface area contributed by atoms with Crippen LogP contribution in [-0.4, -0.2) is 38.7 Å². The van der Waals surface area contributed by atoms with Gasteiger partial charge in [0, 0.05) is 6.54 Å². The number of para-hydroxylation sites is 1. The monoisotopic (exact) mass is 380 g/mol. The Balaban J connectivity index is 2.01. The van der Waals surface area contributed by atoms with Crippen LogP contribution in [0.1, 0.15) is 15.9 Å². The van der Waals surface area contributed by atoms with E-state index in [1.165, 1.54) is 11.0 Å². The van der Waals surface area contributed by atoms with E-state index in [4.69, 9.17) is 0 Å². The van der Waals surface area contributed by atoms with Gasteiger partial charge in [-0.1, -0.05) is 30.3 Å². The molecule has 2 aromatic rings. The number of carbonyl (C=O) groups is 2. The SMILES string of the molecule is C=CCN1C(=O)/C(=C/c2cccc(O)c2)SC1=Nc1ccccc1C(=O)O. The van der Waals surface area contributed by atoms with Gasteiger partial charge in [-0.25, -0.2) is 9.79 Å². The van der Waals surface area contributed by atoms with Crippen molar-refractivity contribution in [2.24, 2.45) is 4.99 Å². The number of phenols is 1. The van der Waals surface area contributed by atoms with Gasteiger partial charge in [0.1, 0.15) is 5.75 Å². The number of carboxylic acids is 1. The highest BCUT2D eigenvalue weighted by Gasteiger charge is 2.32. The number of nitrogens with zero attached hydrogens (tertiary/aromatic N) is 2. The van der Waals surface area contributed by atoms with E-state index in [0.717, 1.165) is 11.8 Å². The lowest BCUT2D eigenvalue weighted by Crippen LogP contribution is -2.29. The molecule has 0 bridgehead atoms. The first kappa shape index (κ1) is 18.5. The van der Waals surface area contributed by atoms with Crippen molar-refractivity contribution in [1.29, 1.82) is 0 Å². The molecule has 0 radical (unpaired) electrons. The van der Waals surface area contributed by atoms with Crippen molar-refractivity contribution in [3.63, 3.8) is 0 Å². The largest absolute Gasteiger partial charge is 0.508 e. The summed E-state index contributed by atoms with van der Waals surface area (Å²) in [6, 6.07) is 12.9. The van der Waals surface area contributed by atoms with Crippen molar-refractivity contribution in [1.82, 2.24) is 4.90 Å². The van der Waals surface area contributed by atoms with Gasteiger partial charge in [0.25, 0.3) is 5.91 Å². The molecule has 0 saturated carbocycles. The van der Waals surface area contributed by atoms with Crippen LogP contribution in [0.25, 0.3) is 6.08 Å². The normalized spacial score (nSPS) is 16.9. The minimum atomic E-state index is -1.09. The Bertz CT molecular complexity index is 981. The van der Waals surface area contributed by atoms with E-state index >= 15 is 0 Å². The molecule has 2 aromatic carbocycles. The fourth-order valence-corrected chi connectivity index (χ4v) is 3.50. The molecular formula is C20H16N2O4S. The standard InChI is InChI=1S/C20H16N2O4S/c1-2-10-22-18(24)17(12-13-6-5-7-14(23)11-13)27-20(22)21-16-9-4-3-8-15(16)19(25)26/h2-9,11-12,23H,1,10H2,(H,25,26)/b17-12-,21-20?. The number of aromatic carboxylic acids is 1. The fraction of sp³-hybridized carbons (Fsp3) is 0.0500. The molecule has 1 saturated heterocycles. The number of aliphatic imine (C=N–C) groups is 1. The van der Waals surface area contributed by atoms with Crippen LogP contribution in [-0.2, 0) is 4.79 Å². The van der Waals surface area contributed by atoms with Crippen LogP contribution in [0.2, 0.25) is 0 Å². The number of amidine groups is 1. The van der Waals surface area contributed by atoms with Crippen molar-refractivity contribution in [3.05, 3.63) is 77.2 Å². The van der Waals surface area contributed by atoms with E-state index in [1.54, 1.807) is 54.6 Å². The van der Waals surface area contributed by atoms with Crippen LogP contribution in [0, 0.1) is 0 Å².